The molecule has 1 aliphatic carbocycles. The van der Waals surface area contributed by atoms with E-state index in [4.69, 9.17) is 9.26 Å². The molecule has 0 spiro atoms. The maximum absolute atomic E-state index is 12.2. The Labute approximate surface area is 148 Å². The molecule has 1 amide bonds. The average Bonchev–Trinajstić information content (AvgIpc) is 2.50. The summed E-state index contributed by atoms with van der Waals surface area (Å²) in [7, 11) is 1.08. The molecule has 0 unspecified atom stereocenters. The van der Waals surface area contributed by atoms with Gasteiger partial charge in [-0.2, -0.15) is 0 Å². The highest BCUT2D eigenvalue weighted by atomic mass is 28.4. The Morgan fingerprint density at radius 3 is 1.96 bits per heavy atom. The summed E-state index contributed by atoms with van der Waals surface area (Å²) in [4.78, 5) is 17.2. The molecule has 0 aromatic rings. The normalized spacial score (nSPS) is 25.6. The van der Waals surface area contributed by atoms with Crippen LogP contribution in [0.5, 0.6) is 0 Å². The summed E-state index contributed by atoms with van der Waals surface area (Å²) >= 11 is 0. The number of carbonyl (C=O) groups excluding carboxylic acids is 1. The molecule has 0 radical (unpaired) electrons. The van der Waals surface area contributed by atoms with Gasteiger partial charge < -0.3 is 9.53 Å². The number of hydrogen-bond donors (Lipinski definition) is 1. The SMILES string of the molecule is CON(C)C(=O)[C@@H]1CC[C@@H](O[Si](C(C)C)(C(C)C)C(C)C)[C@H](O)C1. The van der Waals surface area contributed by atoms with Crippen molar-refractivity contribution in [1.82, 2.24) is 5.06 Å². The lowest BCUT2D eigenvalue weighted by atomic mass is 9.85. The summed E-state index contributed by atoms with van der Waals surface area (Å²) in [6.45, 7) is 13.5. The van der Waals surface area contributed by atoms with Crippen molar-refractivity contribution in [3.8, 4) is 0 Å². The first kappa shape index (κ1) is 21.6. The van der Waals surface area contributed by atoms with Gasteiger partial charge in [-0.05, 0) is 35.9 Å². The fraction of sp³-hybridized carbons (Fsp3) is 0.944. The molecule has 0 saturated heterocycles. The maximum atomic E-state index is 12.2. The van der Waals surface area contributed by atoms with Crippen LogP contribution in [0, 0.1) is 5.92 Å². The van der Waals surface area contributed by atoms with Crippen LogP contribution in [0.1, 0.15) is 60.8 Å². The summed E-state index contributed by atoms with van der Waals surface area (Å²) in [5.41, 5.74) is 1.47. The van der Waals surface area contributed by atoms with E-state index in [0.29, 0.717) is 23.0 Å². The van der Waals surface area contributed by atoms with Gasteiger partial charge >= 0.3 is 0 Å². The van der Waals surface area contributed by atoms with Crippen molar-refractivity contribution in [3.63, 3.8) is 0 Å². The fourth-order valence-corrected chi connectivity index (χ4v) is 10.1. The van der Waals surface area contributed by atoms with Gasteiger partial charge in [-0.15, -0.1) is 0 Å². The average molecular weight is 360 g/mol. The molecule has 0 aromatic heterocycles. The van der Waals surface area contributed by atoms with Gasteiger partial charge in [-0.25, -0.2) is 5.06 Å². The van der Waals surface area contributed by atoms with Crippen LogP contribution in [0.4, 0.5) is 0 Å². The summed E-state index contributed by atoms with van der Waals surface area (Å²) in [6.07, 6.45) is 1.20. The minimum Gasteiger partial charge on any atom is -0.411 e. The first-order valence-electron chi connectivity index (χ1n) is 9.25. The molecule has 24 heavy (non-hydrogen) atoms. The molecule has 1 saturated carbocycles. The Morgan fingerprint density at radius 2 is 1.58 bits per heavy atom. The van der Waals surface area contributed by atoms with Crippen LogP contribution < -0.4 is 0 Å². The number of carbonyl (C=O) groups is 1. The van der Waals surface area contributed by atoms with Crippen LogP contribution in [-0.2, 0) is 14.1 Å². The van der Waals surface area contributed by atoms with Crippen molar-refractivity contribution in [2.75, 3.05) is 14.2 Å². The van der Waals surface area contributed by atoms with Crippen molar-refractivity contribution in [2.45, 2.75) is 89.6 Å². The third-order valence-electron chi connectivity index (χ3n) is 5.75. The van der Waals surface area contributed by atoms with Crippen molar-refractivity contribution in [1.29, 1.82) is 0 Å². The van der Waals surface area contributed by atoms with Gasteiger partial charge in [0.1, 0.15) is 0 Å². The van der Waals surface area contributed by atoms with Gasteiger partial charge in [0.05, 0.1) is 19.3 Å². The zero-order chi connectivity index (χ0) is 18.7. The van der Waals surface area contributed by atoms with Gasteiger partial charge in [-0.1, -0.05) is 41.5 Å². The minimum atomic E-state index is -2.01. The monoisotopic (exact) mass is 359 g/mol. The predicted molar refractivity (Wildman–Crippen MR) is 99.0 cm³/mol. The number of nitrogens with zero attached hydrogens (tertiary/aromatic N) is 1. The third kappa shape index (κ3) is 4.39. The van der Waals surface area contributed by atoms with E-state index in [1.165, 1.54) is 12.2 Å². The highest BCUT2D eigenvalue weighted by Crippen LogP contribution is 2.44. The maximum Gasteiger partial charge on any atom is 0.249 e. The van der Waals surface area contributed by atoms with Crippen LogP contribution in [0.2, 0.25) is 16.6 Å². The minimum absolute atomic E-state index is 0.0601. The molecule has 1 fully saturated rings. The van der Waals surface area contributed by atoms with Gasteiger partial charge in [-0.3, -0.25) is 9.63 Å². The molecule has 3 atom stereocenters. The van der Waals surface area contributed by atoms with E-state index in [1.807, 2.05) is 0 Å². The van der Waals surface area contributed by atoms with Crippen molar-refractivity contribution < 1.29 is 19.2 Å². The Kier molecular flexibility index (Phi) is 7.91. The lowest BCUT2D eigenvalue weighted by molar-refractivity contribution is -0.176. The molecule has 0 aliphatic heterocycles. The van der Waals surface area contributed by atoms with Gasteiger partial charge in [0, 0.05) is 13.0 Å². The van der Waals surface area contributed by atoms with Crippen molar-refractivity contribution >= 4 is 14.2 Å². The molecular formula is C18H37NO4Si. The number of rotatable bonds is 7. The number of aliphatic hydroxyl groups is 1. The molecule has 1 rings (SSSR count). The zero-order valence-electron chi connectivity index (χ0n) is 16.7. The topological polar surface area (TPSA) is 59.0 Å². The van der Waals surface area contributed by atoms with Crippen molar-refractivity contribution in [2.24, 2.45) is 5.92 Å². The number of hydrogen-bond acceptors (Lipinski definition) is 4. The van der Waals surface area contributed by atoms with E-state index < -0.39 is 14.4 Å². The highest BCUT2D eigenvalue weighted by molar-refractivity contribution is 6.77. The van der Waals surface area contributed by atoms with Crippen LogP contribution in [-0.4, -0.2) is 50.8 Å². The van der Waals surface area contributed by atoms with Gasteiger partial charge in [0.2, 0.25) is 14.2 Å². The molecular weight excluding hydrogens is 322 g/mol. The van der Waals surface area contributed by atoms with E-state index in [1.54, 1.807) is 7.05 Å². The third-order valence-corrected chi connectivity index (χ3v) is 11.9. The second kappa shape index (κ2) is 8.78. The lowest BCUT2D eigenvalue weighted by Gasteiger charge is -2.47. The number of aliphatic hydroxyl groups excluding tert-OH is 1. The molecule has 1 aliphatic rings. The summed E-state index contributed by atoms with van der Waals surface area (Å²) in [5, 5.41) is 11.9. The number of hydroxylamine groups is 2. The number of amides is 1. The van der Waals surface area contributed by atoms with E-state index in [0.717, 1.165) is 12.8 Å². The van der Waals surface area contributed by atoms with Gasteiger partial charge in [0.15, 0.2) is 0 Å². The molecule has 5 nitrogen and oxygen atoms in total. The summed E-state index contributed by atoms with van der Waals surface area (Å²) in [6, 6.07) is 0. The van der Waals surface area contributed by atoms with Crippen molar-refractivity contribution in [3.05, 3.63) is 0 Å². The van der Waals surface area contributed by atoms with Gasteiger partial charge in [0.25, 0.3) is 0 Å². The van der Waals surface area contributed by atoms with Crippen LogP contribution in [0.3, 0.4) is 0 Å². The summed E-state index contributed by atoms with van der Waals surface area (Å²) in [5.74, 6) is -0.242. The lowest BCUT2D eigenvalue weighted by Crippen LogP contribution is -2.54. The predicted octanol–water partition coefficient (Wildman–Crippen LogP) is 3.73. The smallest absolute Gasteiger partial charge is 0.249 e. The molecule has 0 aromatic carbocycles. The Balaban J connectivity index is 2.85. The Morgan fingerprint density at radius 1 is 1.08 bits per heavy atom. The van der Waals surface area contributed by atoms with E-state index in [-0.39, 0.29) is 17.9 Å². The van der Waals surface area contributed by atoms with Crippen LogP contribution >= 0.6 is 0 Å². The first-order valence-corrected chi connectivity index (χ1v) is 11.4. The standard InChI is InChI=1S/C18H37NO4Si/c1-12(2)24(13(3)4,14(5)6)23-17-10-9-15(11-16(17)20)18(21)19(7)22-8/h12-17,20H,9-11H2,1-8H3/t15-,16-,17-/m1/s1. The quantitative estimate of drug-likeness (QED) is 0.556. The first-order chi connectivity index (χ1) is 11.1. The van der Waals surface area contributed by atoms with E-state index in [9.17, 15) is 9.90 Å². The second-order valence-corrected chi connectivity index (χ2v) is 13.5. The van der Waals surface area contributed by atoms with Crippen LogP contribution in [0.25, 0.3) is 0 Å². The molecule has 1 N–H and O–H groups in total. The van der Waals surface area contributed by atoms with Crippen LogP contribution in [0.15, 0.2) is 0 Å². The zero-order valence-corrected chi connectivity index (χ0v) is 17.7. The Hall–Kier alpha value is -0.433. The second-order valence-electron chi connectivity index (χ2n) is 8.07. The molecule has 6 heteroatoms. The van der Waals surface area contributed by atoms with E-state index in [2.05, 4.69) is 41.5 Å². The van der Waals surface area contributed by atoms with E-state index >= 15 is 0 Å². The molecule has 0 heterocycles. The largest absolute Gasteiger partial charge is 0.411 e. The Bertz CT molecular complexity index is 392. The molecule has 0 bridgehead atoms. The molecule has 142 valence electrons. The highest BCUT2D eigenvalue weighted by Gasteiger charge is 2.48. The fourth-order valence-electron chi connectivity index (χ4n) is 4.50. The summed E-state index contributed by atoms with van der Waals surface area (Å²) < 4.78 is 6.72.